The van der Waals surface area contributed by atoms with Gasteiger partial charge in [-0.2, -0.15) is 0 Å². The molecule has 1 saturated carbocycles. The van der Waals surface area contributed by atoms with Gasteiger partial charge in [0.15, 0.2) is 4.77 Å². The van der Waals surface area contributed by atoms with E-state index in [4.69, 9.17) is 12.2 Å². The predicted octanol–water partition coefficient (Wildman–Crippen LogP) is 3.70. The van der Waals surface area contributed by atoms with Gasteiger partial charge in [-0.3, -0.25) is 9.36 Å². The van der Waals surface area contributed by atoms with Gasteiger partial charge >= 0.3 is 0 Å². The van der Waals surface area contributed by atoms with Crippen molar-refractivity contribution in [3.63, 3.8) is 0 Å². The van der Waals surface area contributed by atoms with E-state index in [1.807, 2.05) is 11.4 Å². The summed E-state index contributed by atoms with van der Waals surface area (Å²) in [7, 11) is 0. The molecule has 2 aromatic heterocycles. The van der Waals surface area contributed by atoms with Crippen LogP contribution in [0.25, 0.3) is 10.2 Å². The number of aromatic amines is 1. The van der Waals surface area contributed by atoms with Crippen molar-refractivity contribution in [1.29, 1.82) is 0 Å². The third kappa shape index (κ3) is 2.17. The Hall–Kier alpha value is -0.940. The molecule has 0 atom stereocenters. The summed E-state index contributed by atoms with van der Waals surface area (Å²) in [5.74, 6) is 0.783. The largest absolute Gasteiger partial charge is 0.331 e. The molecule has 0 bridgehead atoms. The van der Waals surface area contributed by atoms with Crippen LogP contribution >= 0.6 is 23.6 Å². The van der Waals surface area contributed by atoms with Gasteiger partial charge in [-0.25, -0.2) is 0 Å². The lowest BCUT2D eigenvalue weighted by atomic mass is 10.0. The summed E-state index contributed by atoms with van der Waals surface area (Å²) in [6, 6.07) is 1.92. The quantitative estimate of drug-likeness (QED) is 0.871. The van der Waals surface area contributed by atoms with Crippen LogP contribution in [0.15, 0.2) is 16.2 Å². The maximum atomic E-state index is 12.3. The van der Waals surface area contributed by atoms with E-state index < -0.39 is 0 Å². The summed E-state index contributed by atoms with van der Waals surface area (Å²) < 4.78 is 3.07. The Kier molecular flexibility index (Phi) is 3.35. The molecule has 1 fully saturated rings. The SMILES string of the molecule is O=c1c2sccc2[nH]c(=S)n1CCC1CCCC1. The third-order valence-corrected chi connectivity index (χ3v) is 5.05. The van der Waals surface area contributed by atoms with E-state index >= 15 is 0 Å². The molecule has 0 aromatic carbocycles. The number of hydrogen-bond acceptors (Lipinski definition) is 3. The number of hydrogen-bond donors (Lipinski definition) is 1. The van der Waals surface area contributed by atoms with Crippen LogP contribution in [-0.2, 0) is 6.54 Å². The van der Waals surface area contributed by atoms with E-state index in [1.165, 1.54) is 37.0 Å². The highest BCUT2D eigenvalue weighted by molar-refractivity contribution is 7.71. The fourth-order valence-corrected chi connectivity index (χ4v) is 3.87. The first-order chi connectivity index (χ1) is 8.75. The van der Waals surface area contributed by atoms with E-state index in [-0.39, 0.29) is 5.56 Å². The second-order valence-corrected chi connectivity index (χ2v) is 6.29. The lowest BCUT2D eigenvalue weighted by Crippen LogP contribution is -2.22. The lowest BCUT2D eigenvalue weighted by molar-refractivity contribution is 0.450. The molecule has 0 aliphatic heterocycles. The van der Waals surface area contributed by atoms with Crippen LogP contribution < -0.4 is 5.56 Å². The van der Waals surface area contributed by atoms with Crippen molar-refractivity contribution in [2.24, 2.45) is 5.92 Å². The summed E-state index contributed by atoms with van der Waals surface area (Å²) in [6.45, 7) is 0.757. The molecule has 0 spiro atoms. The van der Waals surface area contributed by atoms with Crippen LogP contribution in [0.1, 0.15) is 32.1 Å². The van der Waals surface area contributed by atoms with Crippen LogP contribution in [0.2, 0.25) is 0 Å². The molecule has 0 radical (unpaired) electrons. The van der Waals surface area contributed by atoms with Crippen molar-refractivity contribution in [2.75, 3.05) is 0 Å². The normalized spacial score (nSPS) is 16.7. The topological polar surface area (TPSA) is 37.8 Å². The third-order valence-electron chi connectivity index (χ3n) is 3.83. The first kappa shape index (κ1) is 12.1. The van der Waals surface area contributed by atoms with Crippen LogP contribution in [0.3, 0.4) is 0 Å². The molecule has 2 aromatic rings. The number of nitrogens with one attached hydrogen (secondary N) is 1. The van der Waals surface area contributed by atoms with Gasteiger partial charge in [0.25, 0.3) is 5.56 Å². The van der Waals surface area contributed by atoms with Gasteiger partial charge in [-0.05, 0) is 36.0 Å². The molecule has 0 saturated heterocycles. The minimum absolute atomic E-state index is 0.0711. The Morgan fingerprint density at radius 3 is 3.00 bits per heavy atom. The van der Waals surface area contributed by atoms with Crippen LogP contribution in [-0.4, -0.2) is 9.55 Å². The van der Waals surface area contributed by atoms with E-state index in [0.29, 0.717) is 4.77 Å². The van der Waals surface area contributed by atoms with E-state index in [9.17, 15) is 4.79 Å². The first-order valence-corrected chi connectivity index (χ1v) is 7.75. The van der Waals surface area contributed by atoms with Crippen molar-refractivity contribution in [1.82, 2.24) is 9.55 Å². The fraction of sp³-hybridized carbons (Fsp3) is 0.538. The summed E-state index contributed by atoms with van der Waals surface area (Å²) >= 11 is 6.77. The Bertz CT molecular complexity index is 661. The Labute approximate surface area is 114 Å². The standard InChI is InChI=1S/C13H16N2OS2/c16-12-11-10(6-8-18-11)14-13(17)15(12)7-5-9-3-1-2-4-9/h6,8-9H,1-5,7H2,(H,14,17). The molecule has 1 aliphatic rings. The molecule has 3 nitrogen and oxygen atoms in total. The van der Waals surface area contributed by atoms with Gasteiger partial charge in [0.05, 0.1) is 5.52 Å². The van der Waals surface area contributed by atoms with E-state index in [0.717, 1.165) is 29.1 Å². The highest BCUT2D eigenvalue weighted by Crippen LogP contribution is 2.27. The molecule has 2 heterocycles. The zero-order chi connectivity index (χ0) is 12.5. The molecule has 1 aliphatic carbocycles. The molecular weight excluding hydrogens is 264 g/mol. The van der Waals surface area contributed by atoms with Crippen molar-refractivity contribution in [2.45, 2.75) is 38.6 Å². The zero-order valence-electron chi connectivity index (χ0n) is 10.1. The van der Waals surface area contributed by atoms with Crippen molar-refractivity contribution in [3.05, 3.63) is 26.6 Å². The van der Waals surface area contributed by atoms with Gasteiger partial charge < -0.3 is 4.98 Å². The number of rotatable bonds is 3. The molecular formula is C13H16N2OS2. The maximum Gasteiger partial charge on any atom is 0.272 e. The van der Waals surface area contributed by atoms with Crippen LogP contribution in [0.4, 0.5) is 0 Å². The van der Waals surface area contributed by atoms with Gasteiger partial charge in [-0.15, -0.1) is 11.3 Å². The molecule has 96 valence electrons. The predicted molar refractivity (Wildman–Crippen MR) is 77.8 cm³/mol. The highest BCUT2D eigenvalue weighted by Gasteiger charge is 2.15. The molecule has 0 amide bonds. The highest BCUT2D eigenvalue weighted by atomic mass is 32.1. The van der Waals surface area contributed by atoms with Gasteiger partial charge in [0.2, 0.25) is 0 Å². The van der Waals surface area contributed by atoms with Crippen molar-refractivity contribution >= 4 is 33.8 Å². The number of nitrogens with zero attached hydrogens (tertiary/aromatic N) is 1. The van der Waals surface area contributed by atoms with Crippen molar-refractivity contribution in [3.8, 4) is 0 Å². The first-order valence-electron chi connectivity index (χ1n) is 6.46. The van der Waals surface area contributed by atoms with E-state index in [1.54, 1.807) is 4.57 Å². The van der Waals surface area contributed by atoms with E-state index in [2.05, 4.69) is 4.98 Å². The maximum absolute atomic E-state index is 12.3. The molecule has 1 N–H and O–H groups in total. The monoisotopic (exact) mass is 280 g/mol. The average Bonchev–Trinajstić information content (AvgIpc) is 2.98. The molecule has 5 heteroatoms. The second kappa shape index (κ2) is 4.97. The average molecular weight is 280 g/mol. The lowest BCUT2D eigenvalue weighted by Gasteiger charge is -2.10. The zero-order valence-corrected chi connectivity index (χ0v) is 11.8. The fourth-order valence-electron chi connectivity index (χ4n) is 2.78. The summed E-state index contributed by atoms with van der Waals surface area (Å²) in [4.78, 5) is 15.4. The minimum Gasteiger partial charge on any atom is -0.331 e. The summed E-state index contributed by atoms with van der Waals surface area (Å²) in [5.41, 5.74) is 0.939. The van der Waals surface area contributed by atoms with Crippen LogP contribution in [0, 0.1) is 10.7 Å². The Balaban J connectivity index is 1.90. The van der Waals surface area contributed by atoms with Gasteiger partial charge in [0.1, 0.15) is 4.70 Å². The number of H-pyrrole nitrogens is 1. The number of thiophene rings is 1. The van der Waals surface area contributed by atoms with Gasteiger partial charge in [0, 0.05) is 6.54 Å². The second-order valence-electron chi connectivity index (χ2n) is 4.99. The molecule has 0 unspecified atom stereocenters. The molecule has 3 rings (SSSR count). The Morgan fingerprint density at radius 2 is 2.22 bits per heavy atom. The summed E-state index contributed by atoms with van der Waals surface area (Å²) in [6.07, 6.45) is 6.39. The minimum atomic E-state index is 0.0711. The number of fused-ring (bicyclic) bond motifs is 1. The van der Waals surface area contributed by atoms with Gasteiger partial charge in [-0.1, -0.05) is 25.7 Å². The summed E-state index contributed by atoms with van der Waals surface area (Å²) in [5, 5.41) is 1.93. The smallest absolute Gasteiger partial charge is 0.272 e. The van der Waals surface area contributed by atoms with Crippen LogP contribution in [0.5, 0.6) is 0 Å². The Morgan fingerprint density at radius 1 is 1.44 bits per heavy atom. The number of aromatic nitrogens is 2. The molecule has 18 heavy (non-hydrogen) atoms. The van der Waals surface area contributed by atoms with Crippen molar-refractivity contribution < 1.29 is 0 Å².